The molecule has 0 unspecified atom stereocenters. The molecule has 126 valence electrons. The van der Waals surface area contributed by atoms with E-state index >= 15 is 0 Å². The Bertz CT molecular complexity index is 809. The summed E-state index contributed by atoms with van der Waals surface area (Å²) in [6, 6.07) is 7.04. The highest BCUT2D eigenvalue weighted by atomic mass is 32.1. The van der Waals surface area contributed by atoms with Crippen LogP contribution in [0, 0.1) is 13.8 Å². The van der Waals surface area contributed by atoms with Crippen molar-refractivity contribution >= 4 is 34.2 Å². The number of methoxy groups -OCH3 is 2. The summed E-state index contributed by atoms with van der Waals surface area (Å²) < 4.78 is 9.47. The zero-order valence-corrected chi connectivity index (χ0v) is 14.6. The molecule has 0 aliphatic heterocycles. The number of benzene rings is 1. The lowest BCUT2D eigenvalue weighted by Crippen LogP contribution is -2.14. The topological polar surface area (TPSA) is 81.7 Å². The number of carbonyl (C=O) groups is 3. The molecule has 0 saturated heterocycles. The lowest BCUT2D eigenvalue weighted by Gasteiger charge is -2.06. The molecule has 0 radical (unpaired) electrons. The molecule has 1 aromatic heterocycles. The second-order valence-corrected chi connectivity index (χ2v) is 6.09. The van der Waals surface area contributed by atoms with E-state index < -0.39 is 11.9 Å². The Morgan fingerprint density at radius 3 is 2.29 bits per heavy atom. The Labute approximate surface area is 143 Å². The molecule has 0 spiro atoms. The van der Waals surface area contributed by atoms with Gasteiger partial charge in [0, 0.05) is 5.56 Å². The molecule has 1 amide bonds. The molecule has 2 rings (SSSR count). The van der Waals surface area contributed by atoms with Crippen LogP contribution in [-0.2, 0) is 9.47 Å². The monoisotopic (exact) mass is 347 g/mol. The van der Waals surface area contributed by atoms with E-state index in [0.717, 1.165) is 16.9 Å². The third-order valence-corrected chi connectivity index (χ3v) is 4.60. The Balaban J connectivity index is 2.43. The fourth-order valence-electron chi connectivity index (χ4n) is 2.20. The molecule has 7 heteroatoms. The maximum Gasteiger partial charge on any atom is 0.348 e. The molecular weight excluding hydrogens is 330 g/mol. The van der Waals surface area contributed by atoms with Crippen LogP contribution in [-0.4, -0.2) is 32.1 Å². The SMILES string of the molecule is COC(=O)c1sc(NC(=O)c2cccc(C)c2)c(C(=O)OC)c1C. The number of ether oxygens (including phenoxy) is 2. The molecule has 1 heterocycles. The van der Waals surface area contributed by atoms with Crippen molar-refractivity contribution in [1.29, 1.82) is 0 Å². The summed E-state index contributed by atoms with van der Waals surface area (Å²) in [5, 5.41) is 2.94. The van der Waals surface area contributed by atoms with Crippen molar-refractivity contribution in [2.45, 2.75) is 13.8 Å². The zero-order chi connectivity index (χ0) is 17.9. The highest BCUT2D eigenvalue weighted by Crippen LogP contribution is 2.34. The summed E-state index contributed by atoms with van der Waals surface area (Å²) in [6.45, 7) is 3.48. The number of thiophene rings is 1. The second kappa shape index (κ2) is 7.27. The van der Waals surface area contributed by atoms with Gasteiger partial charge in [-0.05, 0) is 31.5 Å². The van der Waals surface area contributed by atoms with Crippen LogP contribution >= 0.6 is 11.3 Å². The summed E-state index contributed by atoms with van der Waals surface area (Å²) in [7, 11) is 2.49. The standard InChI is InChI=1S/C17H17NO5S/c1-9-6-5-7-11(8-9)14(19)18-15-12(16(20)22-3)10(2)13(24-15)17(21)23-4/h5-8H,1-4H3,(H,18,19). The smallest absolute Gasteiger partial charge is 0.348 e. The van der Waals surface area contributed by atoms with Gasteiger partial charge in [0.25, 0.3) is 5.91 Å². The van der Waals surface area contributed by atoms with Crippen molar-refractivity contribution in [3.63, 3.8) is 0 Å². The van der Waals surface area contributed by atoms with Gasteiger partial charge in [0.15, 0.2) is 0 Å². The van der Waals surface area contributed by atoms with Crippen LogP contribution in [0.15, 0.2) is 24.3 Å². The number of anilines is 1. The molecule has 1 aromatic carbocycles. The Kier molecular flexibility index (Phi) is 5.35. The van der Waals surface area contributed by atoms with Gasteiger partial charge in [-0.2, -0.15) is 0 Å². The molecule has 0 atom stereocenters. The van der Waals surface area contributed by atoms with Crippen molar-refractivity contribution in [3.05, 3.63) is 51.4 Å². The number of esters is 2. The number of nitrogens with one attached hydrogen (secondary N) is 1. The molecule has 0 saturated carbocycles. The van der Waals surface area contributed by atoms with Crippen LogP contribution in [0.5, 0.6) is 0 Å². The van der Waals surface area contributed by atoms with Crippen LogP contribution in [0.1, 0.15) is 41.5 Å². The van der Waals surface area contributed by atoms with Crippen molar-refractivity contribution in [2.24, 2.45) is 0 Å². The minimum Gasteiger partial charge on any atom is -0.465 e. The first-order valence-corrected chi connectivity index (χ1v) is 7.88. The Morgan fingerprint density at radius 2 is 1.71 bits per heavy atom. The number of amides is 1. The fraction of sp³-hybridized carbons (Fsp3) is 0.235. The molecule has 0 aliphatic carbocycles. The number of carbonyl (C=O) groups excluding carboxylic acids is 3. The zero-order valence-electron chi connectivity index (χ0n) is 13.8. The Hall–Kier alpha value is -2.67. The van der Waals surface area contributed by atoms with E-state index in [4.69, 9.17) is 9.47 Å². The van der Waals surface area contributed by atoms with Gasteiger partial charge in [-0.3, -0.25) is 4.79 Å². The van der Waals surface area contributed by atoms with Gasteiger partial charge in [0.2, 0.25) is 0 Å². The molecule has 24 heavy (non-hydrogen) atoms. The average Bonchev–Trinajstić information content (AvgIpc) is 2.89. The van der Waals surface area contributed by atoms with E-state index in [2.05, 4.69) is 5.32 Å². The first-order valence-electron chi connectivity index (χ1n) is 7.07. The van der Waals surface area contributed by atoms with Crippen LogP contribution in [0.25, 0.3) is 0 Å². The Morgan fingerprint density at radius 1 is 1.04 bits per heavy atom. The summed E-state index contributed by atoms with van der Waals surface area (Å²) in [5.74, 6) is -1.57. The van der Waals surface area contributed by atoms with E-state index in [1.807, 2.05) is 13.0 Å². The van der Waals surface area contributed by atoms with Gasteiger partial charge in [-0.1, -0.05) is 17.7 Å². The quantitative estimate of drug-likeness (QED) is 0.859. The first kappa shape index (κ1) is 17.7. The third kappa shape index (κ3) is 3.46. The van der Waals surface area contributed by atoms with Gasteiger partial charge >= 0.3 is 11.9 Å². The van der Waals surface area contributed by atoms with E-state index in [-0.39, 0.29) is 21.3 Å². The fourth-order valence-corrected chi connectivity index (χ4v) is 3.31. The third-order valence-electron chi connectivity index (χ3n) is 3.41. The van der Waals surface area contributed by atoms with Crippen molar-refractivity contribution in [2.75, 3.05) is 19.5 Å². The van der Waals surface area contributed by atoms with Crippen molar-refractivity contribution < 1.29 is 23.9 Å². The van der Waals surface area contributed by atoms with Crippen LogP contribution in [0.4, 0.5) is 5.00 Å². The predicted molar refractivity (Wildman–Crippen MR) is 90.9 cm³/mol. The van der Waals surface area contributed by atoms with Crippen LogP contribution in [0.3, 0.4) is 0 Å². The van der Waals surface area contributed by atoms with Crippen LogP contribution in [0.2, 0.25) is 0 Å². The highest BCUT2D eigenvalue weighted by Gasteiger charge is 2.26. The molecule has 0 fully saturated rings. The summed E-state index contributed by atoms with van der Waals surface area (Å²) in [4.78, 5) is 36.5. The molecule has 1 N–H and O–H groups in total. The summed E-state index contributed by atoms with van der Waals surface area (Å²) in [5.41, 5.74) is 1.96. The highest BCUT2D eigenvalue weighted by molar-refractivity contribution is 7.18. The van der Waals surface area contributed by atoms with E-state index in [1.165, 1.54) is 14.2 Å². The number of hydrogen-bond donors (Lipinski definition) is 1. The van der Waals surface area contributed by atoms with Gasteiger partial charge in [-0.15, -0.1) is 11.3 Å². The second-order valence-electron chi connectivity index (χ2n) is 5.07. The van der Waals surface area contributed by atoms with Crippen molar-refractivity contribution in [3.8, 4) is 0 Å². The van der Waals surface area contributed by atoms with Gasteiger partial charge in [0.05, 0.1) is 19.8 Å². The van der Waals surface area contributed by atoms with Gasteiger partial charge in [-0.25, -0.2) is 9.59 Å². The molecule has 2 aromatic rings. The van der Waals surface area contributed by atoms with E-state index in [9.17, 15) is 14.4 Å². The van der Waals surface area contributed by atoms with E-state index in [0.29, 0.717) is 11.1 Å². The lowest BCUT2D eigenvalue weighted by atomic mass is 10.1. The number of rotatable bonds is 4. The lowest BCUT2D eigenvalue weighted by molar-refractivity contribution is 0.0601. The average molecular weight is 347 g/mol. The molecular formula is C17H17NO5S. The maximum atomic E-state index is 12.4. The summed E-state index contributed by atoms with van der Waals surface area (Å²) in [6.07, 6.45) is 0. The first-order chi connectivity index (χ1) is 11.4. The molecule has 6 nitrogen and oxygen atoms in total. The molecule has 0 bridgehead atoms. The largest absolute Gasteiger partial charge is 0.465 e. The minimum atomic E-state index is -0.626. The number of hydrogen-bond acceptors (Lipinski definition) is 6. The van der Waals surface area contributed by atoms with Crippen molar-refractivity contribution in [1.82, 2.24) is 0 Å². The number of aryl methyl sites for hydroxylation is 1. The van der Waals surface area contributed by atoms with Gasteiger partial charge < -0.3 is 14.8 Å². The minimum absolute atomic E-state index is 0.156. The van der Waals surface area contributed by atoms with E-state index in [1.54, 1.807) is 25.1 Å². The van der Waals surface area contributed by atoms with Crippen LogP contribution < -0.4 is 5.32 Å². The summed E-state index contributed by atoms with van der Waals surface area (Å²) >= 11 is 0.982. The predicted octanol–water partition coefficient (Wildman–Crippen LogP) is 3.19. The maximum absolute atomic E-state index is 12.4. The van der Waals surface area contributed by atoms with Gasteiger partial charge in [0.1, 0.15) is 9.88 Å². The normalized spacial score (nSPS) is 10.2. The molecule has 0 aliphatic rings.